The first-order valence-corrected chi connectivity index (χ1v) is 9.89. The minimum atomic E-state index is -3.59. The van der Waals surface area contributed by atoms with Gasteiger partial charge in [-0.3, -0.25) is 4.79 Å². The fourth-order valence-electron chi connectivity index (χ4n) is 2.03. The molecule has 1 aromatic carbocycles. The van der Waals surface area contributed by atoms with E-state index in [0.29, 0.717) is 0 Å². The first kappa shape index (κ1) is 19.7. The molecule has 0 saturated carbocycles. The van der Waals surface area contributed by atoms with E-state index in [1.807, 2.05) is 0 Å². The number of nitrogens with one attached hydrogen (secondary N) is 1. The Balaban J connectivity index is 2.21. The Morgan fingerprint density at radius 2 is 1.92 bits per heavy atom. The summed E-state index contributed by atoms with van der Waals surface area (Å²) in [6.45, 7) is 3.31. The molecule has 2 aromatic rings. The van der Waals surface area contributed by atoms with Gasteiger partial charge in [-0.15, -0.1) is 0 Å². The minimum Gasteiger partial charge on any atom is -0.367 e. The molecule has 134 valence electrons. The number of rotatable bonds is 6. The van der Waals surface area contributed by atoms with E-state index < -0.39 is 20.5 Å². The number of hydrogen-bond donors (Lipinski definition) is 2. The van der Waals surface area contributed by atoms with Crippen LogP contribution in [0.3, 0.4) is 0 Å². The lowest BCUT2D eigenvalue weighted by molar-refractivity contribution is 0.1000. The van der Waals surface area contributed by atoms with Crippen LogP contribution in [0.5, 0.6) is 0 Å². The molecule has 0 aliphatic heterocycles. The van der Waals surface area contributed by atoms with Crippen LogP contribution in [0.2, 0.25) is 5.02 Å². The zero-order valence-electron chi connectivity index (χ0n) is 13.6. The van der Waals surface area contributed by atoms with E-state index in [0.717, 1.165) is 4.47 Å². The molecule has 9 heteroatoms. The zero-order valence-corrected chi connectivity index (χ0v) is 16.7. The van der Waals surface area contributed by atoms with Crippen molar-refractivity contribution >= 4 is 49.1 Å². The highest BCUT2D eigenvalue weighted by Crippen LogP contribution is 2.28. The van der Waals surface area contributed by atoms with Crippen LogP contribution in [0.25, 0.3) is 0 Å². The molecule has 3 N–H and O–H groups in total. The summed E-state index contributed by atoms with van der Waals surface area (Å²) in [6.07, 6.45) is 1.28. The van der Waals surface area contributed by atoms with E-state index >= 15 is 0 Å². The van der Waals surface area contributed by atoms with E-state index in [2.05, 4.69) is 26.2 Å². The second kappa shape index (κ2) is 7.31. The molecule has 0 radical (unpaired) electrons. The van der Waals surface area contributed by atoms with Crippen LogP contribution in [0.4, 0.5) is 5.82 Å². The van der Waals surface area contributed by atoms with Crippen molar-refractivity contribution in [2.45, 2.75) is 23.5 Å². The number of carbonyl (C=O) groups excluding carboxylic acids is 1. The van der Waals surface area contributed by atoms with Gasteiger partial charge in [0.15, 0.2) is 9.84 Å². The quantitative estimate of drug-likeness (QED) is 0.709. The number of nitrogens with two attached hydrogens (primary N) is 1. The number of aromatic nitrogens is 1. The standard InChI is InChI=1S/C16H17BrClN3O3S/c1-16(2,25(23,24)12-5-3-11(17)4-6-12)9-21-15-13(18)7-10(8-20-15)14(19)22/h3-8H,9H2,1-2H3,(H2,19,22)(H,20,21). The number of sulfone groups is 1. The highest BCUT2D eigenvalue weighted by Gasteiger charge is 2.35. The fourth-order valence-corrected chi connectivity index (χ4v) is 3.92. The van der Waals surface area contributed by atoms with Crippen molar-refractivity contribution in [3.05, 3.63) is 51.6 Å². The van der Waals surface area contributed by atoms with Crippen LogP contribution in [-0.2, 0) is 9.84 Å². The van der Waals surface area contributed by atoms with Gasteiger partial charge in [0.25, 0.3) is 0 Å². The molecule has 1 amide bonds. The molecule has 6 nitrogen and oxygen atoms in total. The number of benzene rings is 1. The van der Waals surface area contributed by atoms with Gasteiger partial charge in [-0.1, -0.05) is 27.5 Å². The van der Waals surface area contributed by atoms with Crippen molar-refractivity contribution < 1.29 is 13.2 Å². The number of hydrogen-bond acceptors (Lipinski definition) is 5. The first-order chi connectivity index (χ1) is 11.5. The summed E-state index contributed by atoms with van der Waals surface area (Å²) in [6, 6.07) is 7.84. The highest BCUT2D eigenvalue weighted by molar-refractivity contribution is 9.10. The normalized spacial score (nSPS) is 12.0. The summed E-state index contributed by atoms with van der Waals surface area (Å²) in [7, 11) is -3.59. The summed E-state index contributed by atoms with van der Waals surface area (Å²) in [5.74, 6) is -0.357. The molecule has 0 atom stereocenters. The summed E-state index contributed by atoms with van der Waals surface area (Å²) in [4.78, 5) is 15.4. The van der Waals surface area contributed by atoms with Crippen molar-refractivity contribution in [3.63, 3.8) is 0 Å². The Kier molecular flexibility index (Phi) is 5.75. The molecule has 2 rings (SSSR count). The van der Waals surface area contributed by atoms with Crippen LogP contribution >= 0.6 is 27.5 Å². The maximum Gasteiger partial charge on any atom is 0.250 e. The van der Waals surface area contributed by atoms with Gasteiger partial charge in [0.1, 0.15) is 5.82 Å². The predicted molar refractivity (Wildman–Crippen MR) is 102 cm³/mol. The van der Waals surface area contributed by atoms with Gasteiger partial charge in [0.05, 0.1) is 20.2 Å². The van der Waals surface area contributed by atoms with Crippen LogP contribution in [0.1, 0.15) is 24.2 Å². The Morgan fingerprint density at radius 3 is 2.44 bits per heavy atom. The third kappa shape index (κ3) is 4.31. The number of carbonyl (C=O) groups is 1. The fraction of sp³-hybridized carbons (Fsp3) is 0.250. The second-order valence-corrected chi connectivity index (χ2v) is 9.90. The van der Waals surface area contributed by atoms with Gasteiger partial charge in [0.2, 0.25) is 5.91 Å². The highest BCUT2D eigenvalue weighted by atomic mass is 79.9. The lowest BCUT2D eigenvalue weighted by Crippen LogP contribution is -2.39. The average molecular weight is 447 g/mol. The molecular formula is C16H17BrClN3O3S. The zero-order chi connectivity index (χ0) is 18.8. The Bertz CT molecular complexity index is 899. The van der Waals surface area contributed by atoms with Crippen molar-refractivity contribution in [2.24, 2.45) is 5.73 Å². The largest absolute Gasteiger partial charge is 0.367 e. The van der Waals surface area contributed by atoms with Crippen molar-refractivity contribution in [1.82, 2.24) is 4.98 Å². The molecular weight excluding hydrogens is 430 g/mol. The molecule has 0 unspecified atom stereocenters. The maximum absolute atomic E-state index is 12.8. The van der Waals surface area contributed by atoms with Gasteiger partial charge in [-0.25, -0.2) is 13.4 Å². The van der Waals surface area contributed by atoms with Gasteiger partial charge in [-0.05, 0) is 44.2 Å². The lowest BCUT2D eigenvalue weighted by Gasteiger charge is -2.25. The smallest absolute Gasteiger partial charge is 0.250 e. The van der Waals surface area contributed by atoms with E-state index in [4.69, 9.17) is 17.3 Å². The molecule has 0 saturated heterocycles. The third-order valence-corrected chi connectivity index (χ3v) is 6.97. The van der Waals surface area contributed by atoms with Crippen molar-refractivity contribution in [2.75, 3.05) is 11.9 Å². The number of anilines is 1. The van der Waals surface area contributed by atoms with Crippen molar-refractivity contribution in [3.8, 4) is 0 Å². The Morgan fingerprint density at radius 1 is 1.32 bits per heavy atom. The summed E-state index contributed by atoms with van der Waals surface area (Å²) in [5, 5.41) is 3.11. The molecule has 0 aliphatic carbocycles. The number of nitrogens with zero attached hydrogens (tertiary/aromatic N) is 1. The Labute approximate surface area is 159 Å². The SMILES string of the molecule is CC(C)(CNc1ncc(C(N)=O)cc1Cl)S(=O)(=O)c1ccc(Br)cc1. The average Bonchev–Trinajstić information content (AvgIpc) is 2.53. The molecule has 25 heavy (non-hydrogen) atoms. The molecule has 0 spiro atoms. The van der Waals surface area contributed by atoms with E-state index in [-0.39, 0.29) is 27.8 Å². The molecule has 1 aromatic heterocycles. The van der Waals surface area contributed by atoms with Crippen LogP contribution < -0.4 is 11.1 Å². The van der Waals surface area contributed by atoms with Gasteiger partial charge < -0.3 is 11.1 Å². The molecule has 1 heterocycles. The number of primary amides is 1. The maximum atomic E-state index is 12.8. The van der Waals surface area contributed by atoms with Crippen LogP contribution in [0, 0.1) is 0 Å². The Hall–Kier alpha value is -1.64. The van der Waals surface area contributed by atoms with Crippen LogP contribution in [0.15, 0.2) is 45.9 Å². The minimum absolute atomic E-state index is 0.0774. The third-order valence-electron chi connectivity index (χ3n) is 3.66. The number of amides is 1. The van der Waals surface area contributed by atoms with Gasteiger partial charge in [-0.2, -0.15) is 0 Å². The lowest BCUT2D eigenvalue weighted by atomic mass is 10.2. The monoisotopic (exact) mass is 445 g/mol. The van der Waals surface area contributed by atoms with E-state index in [1.165, 1.54) is 12.3 Å². The van der Waals surface area contributed by atoms with Crippen LogP contribution in [-0.4, -0.2) is 30.6 Å². The van der Waals surface area contributed by atoms with Gasteiger partial charge >= 0.3 is 0 Å². The van der Waals surface area contributed by atoms with E-state index in [1.54, 1.807) is 38.1 Å². The first-order valence-electron chi connectivity index (χ1n) is 7.24. The summed E-state index contributed by atoms with van der Waals surface area (Å²) >= 11 is 9.35. The number of pyridine rings is 1. The van der Waals surface area contributed by atoms with Gasteiger partial charge in [0, 0.05) is 17.2 Å². The number of halogens is 2. The topological polar surface area (TPSA) is 102 Å². The van der Waals surface area contributed by atoms with E-state index in [9.17, 15) is 13.2 Å². The molecule has 0 fully saturated rings. The molecule has 0 bridgehead atoms. The molecule has 0 aliphatic rings. The van der Waals surface area contributed by atoms with Crippen molar-refractivity contribution in [1.29, 1.82) is 0 Å². The summed E-state index contributed by atoms with van der Waals surface area (Å²) < 4.78 is 25.4. The predicted octanol–water partition coefficient (Wildman–Crippen LogP) is 3.26. The second-order valence-electron chi connectivity index (χ2n) is 5.99. The summed E-state index contributed by atoms with van der Waals surface area (Å²) in [5.41, 5.74) is 5.35.